The fourth-order valence-corrected chi connectivity index (χ4v) is 2.59. The van der Waals surface area contributed by atoms with Gasteiger partial charge < -0.3 is 29.1 Å². The molecule has 0 radical (unpaired) electrons. The molecular formula is C21H23N3O5. The monoisotopic (exact) mass is 397 g/mol. The molecule has 8 heteroatoms. The third-order valence-corrected chi connectivity index (χ3v) is 4.20. The van der Waals surface area contributed by atoms with Crippen molar-refractivity contribution in [1.29, 1.82) is 0 Å². The molecule has 0 saturated heterocycles. The topological polar surface area (TPSA) is 114 Å². The lowest BCUT2D eigenvalue weighted by molar-refractivity contribution is 0.106. The van der Waals surface area contributed by atoms with E-state index in [2.05, 4.69) is 22.0 Å². The van der Waals surface area contributed by atoms with E-state index in [-0.39, 0.29) is 25.7 Å². The lowest BCUT2D eigenvalue weighted by atomic mass is 10.2. The fraction of sp³-hybridized carbons (Fsp3) is 0.333. The minimum atomic E-state index is -0.665. The standard InChI is InChI=1S/C21H23N3O5/c1-15(27)21-22-8-9-24(21)11-18-10-20(29-23-18)7-4-16-2-5-19(6-3-16)28-14-17(12-25)13-26/h2-3,5-6,8-10,15,17,25-27H,11-14H2,1H3/t15-/m1/s1. The van der Waals surface area contributed by atoms with Gasteiger partial charge in [0.05, 0.1) is 26.4 Å². The van der Waals surface area contributed by atoms with Gasteiger partial charge in [0, 0.05) is 29.9 Å². The van der Waals surface area contributed by atoms with Crippen molar-refractivity contribution in [2.24, 2.45) is 5.92 Å². The Balaban J connectivity index is 1.60. The molecule has 3 aromatic rings. The van der Waals surface area contributed by atoms with E-state index in [1.165, 1.54) is 0 Å². The van der Waals surface area contributed by atoms with Crippen molar-refractivity contribution in [3.05, 3.63) is 65.6 Å². The maximum absolute atomic E-state index is 9.71. The largest absolute Gasteiger partial charge is 0.493 e. The van der Waals surface area contributed by atoms with E-state index in [1.807, 2.05) is 12.1 Å². The molecule has 0 amide bonds. The molecule has 29 heavy (non-hydrogen) atoms. The van der Waals surface area contributed by atoms with Crippen molar-refractivity contribution in [1.82, 2.24) is 14.7 Å². The Bertz CT molecular complexity index is 962. The summed E-state index contributed by atoms with van der Waals surface area (Å²) in [5, 5.41) is 31.8. The number of nitrogens with zero attached hydrogens (tertiary/aromatic N) is 3. The smallest absolute Gasteiger partial charge is 0.210 e. The number of rotatable bonds is 8. The Kier molecular flexibility index (Phi) is 7.03. The number of aliphatic hydroxyl groups is 3. The van der Waals surface area contributed by atoms with E-state index in [4.69, 9.17) is 19.5 Å². The Morgan fingerprint density at radius 1 is 1.17 bits per heavy atom. The summed E-state index contributed by atoms with van der Waals surface area (Å²) in [5.74, 6) is 7.27. The molecular weight excluding hydrogens is 374 g/mol. The predicted molar refractivity (Wildman–Crippen MR) is 104 cm³/mol. The molecule has 3 rings (SSSR count). The first-order valence-corrected chi connectivity index (χ1v) is 9.20. The van der Waals surface area contributed by atoms with E-state index in [1.54, 1.807) is 42.1 Å². The van der Waals surface area contributed by atoms with Crippen LogP contribution in [0.1, 0.15) is 35.9 Å². The zero-order valence-corrected chi connectivity index (χ0v) is 16.0. The first-order chi connectivity index (χ1) is 14.1. The summed E-state index contributed by atoms with van der Waals surface area (Å²) in [4.78, 5) is 4.13. The molecule has 0 fully saturated rings. The van der Waals surface area contributed by atoms with Gasteiger partial charge in [-0.2, -0.15) is 0 Å². The molecule has 152 valence electrons. The SMILES string of the molecule is C[C@@H](O)c1nccn1Cc1cc(C#Cc2ccc(OCC(CO)CO)cc2)on1. The van der Waals surface area contributed by atoms with Crippen LogP contribution in [0.2, 0.25) is 0 Å². The molecule has 0 bridgehead atoms. The van der Waals surface area contributed by atoms with Crippen LogP contribution in [-0.4, -0.2) is 49.8 Å². The number of benzene rings is 1. The molecule has 1 atom stereocenters. The average molecular weight is 397 g/mol. The third kappa shape index (κ3) is 5.68. The molecule has 0 aliphatic heterocycles. The quantitative estimate of drug-likeness (QED) is 0.492. The van der Waals surface area contributed by atoms with Crippen LogP contribution in [0.25, 0.3) is 0 Å². The van der Waals surface area contributed by atoms with Crippen molar-refractivity contribution in [3.8, 4) is 17.6 Å². The van der Waals surface area contributed by atoms with Crippen LogP contribution in [0.15, 0.2) is 47.2 Å². The van der Waals surface area contributed by atoms with Crippen molar-refractivity contribution in [2.75, 3.05) is 19.8 Å². The molecule has 2 aromatic heterocycles. The van der Waals surface area contributed by atoms with Gasteiger partial charge >= 0.3 is 0 Å². The van der Waals surface area contributed by atoms with E-state index < -0.39 is 6.10 Å². The maximum Gasteiger partial charge on any atom is 0.210 e. The first kappa shape index (κ1) is 20.6. The highest BCUT2D eigenvalue weighted by atomic mass is 16.5. The molecule has 0 aliphatic rings. The number of ether oxygens (including phenoxy) is 1. The zero-order chi connectivity index (χ0) is 20.6. The number of aliphatic hydroxyl groups excluding tert-OH is 3. The number of imidazole rings is 1. The minimum absolute atomic E-state index is 0.125. The van der Waals surface area contributed by atoms with Gasteiger partial charge in [-0.15, -0.1) is 0 Å². The predicted octanol–water partition coefficient (Wildman–Crippen LogP) is 1.35. The molecule has 1 aromatic carbocycles. The maximum atomic E-state index is 9.71. The minimum Gasteiger partial charge on any atom is -0.493 e. The summed E-state index contributed by atoms with van der Waals surface area (Å²) >= 11 is 0. The number of hydrogen-bond donors (Lipinski definition) is 3. The van der Waals surface area contributed by atoms with Crippen molar-refractivity contribution in [2.45, 2.75) is 19.6 Å². The summed E-state index contributed by atoms with van der Waals surface area (Å²) in [6.45, 7) is 2.08. The molecule has 0 spiro atoms. The van der Waals surface area contributed by atoms with Crippen LogP contribution in [0.4, 0.5) is 0 Å². The second kappa shape index (κ2) is 9.89. The Morgan fingerprint density at radius 3 is 2.62 bits per heavy atom. The highest BCUT2D eigenvalue weighted by Crippen LogP contribution is 2.14. The molecule has 8 nitrogen and oxygen atoms in total. The fourth-order valence-electron chi connectivity index (χ4n) is 2.59. The molecule has 3 N–H and O–H groups in total. The highest BCUT2D eigenvalue weighted by molar-refractivity contribution is 5.41. The van der Waals surface area contributed by atoms with Gasteiger partial charge in [-0.1, -0.05) is 11.1 Å². The van der Waals surface area contributed by atoms with Crippen LogP contribution in [0.3, 0.4) is 0 Å². The van der Waals surface area contributed by atoms with E-state index in [9.17, 15) is 5.11 Å². The van der Waals surface area contributed by atoms with Gasteiger partial charge in [0.15, 0.2) is 0 Å². The van der Waals surface area contributed by atoms with E-state index >= 15 is 0 Å². The first-order valence-electron chi connectivity index (χ1n) is 9.20. The van der Waals surface area contributed by atoms with Crippen LogP contribution >= 0.6 is 0 Å². The second-order valence-corrected chi connectivity index (χ2v) is 6.59. The number of aromatic nitrogens is 3. The Morgan fingerprint density at radius 2 is 1.93 bits per heavy atom. The van der Waals surface area contributed by atoms with Crippen LogP contribution in [-0.2, 0) is 6.54 Å². The summed E-state index contributed by atoms with van der Waals surface area (Å²) in [7, 11) is 0. The zero-order valence-electron chi connectivity index (χ0n) is 16.0. The second-order valence-electron chi connectivity index (χ2n) is 6.59. The van der Waals surface area contributed by atoms with Crippen molar-refractivity contribution in [3.63, 3.8) is 0 Å². The van der Waals surface area contributed by atoms with Gasteiger partial charge in [-0.05, 0) is 37.1 Å². The normalized spacial score (nSPS) is 11.9. The van der Waals surface area contributed by atoms with Gasteiger partial charge in [-0.3, -0.25) is 0 Å². The summed E-state index contributed by atoms with van der Waals surface area (Å²) in [6.07, 6.45) is 2.74. The number of hydrogen-bond acceptors (Lipinski definition) is 7. The van der Waals surface area contributed by atoms with Gasteiger partial charge in [0.25, 0.3) is 0 Å². The van der Waals surface area contributed by atoms with Crippen LogP contribution in [0, 0.1) is 17.8 Å². The Labute approximate surface area is 168 Å². The van der Waals surface area contributed by atoms with E-state index in [0.717, 1.165) is 5.56 Å². The van der Waals surface area contributed by atoms with Gasteiger partial charge in [-0.25, -0.2) is 4.98 Å². The van der Waals surface area contributed by atoms with E-state index in [0.29, 0.717) is 29.6 Å². The lowest BCUT2D eigenvalue weighted by Gasteiger charge is -2.12. The average Bonchev–Trinajstić information content (AvgIpc) is 3.38. The Hall–Kier alpha value is -3.12. The van der Waals surface area contributed by atoms with Crippen molar-refractivity contribution >= 4 is 0 Å². The van der Waals surface area contributed by atoms with Crippen LogP contribution in [0.5, 0.6) is 5.75 Å². The lowest BCUT2D eigenvalue weighted by Crippen LogP contribution is -2.19. The molecule has 2 heterocycles. The highest BCUT2D eigenvalue weighted by Gasteiger charge is 2.11. The summed E-state index contributed by atoms with van der Waals surface area (Å²) in [5.41, 5.74) is 1.46. The summed E-state index contributed by atoms with van der Waals surface area (Å²) < 4.78 is 12.6. The molecule has 0 unspecified atom stereocenters. The molecule has 0 saturated carbocycles. The third-order valence-electron chi connectivity index (χ3n) is 4.20. The molecule has 0 aliphatic carbocycles. The van der Waals surface area contributed by atoms with Gasteiger partial charge in [0.1, 0.15) is 23.4 Å². The van der Waals surface area contributed by atoms with Crippen molar-refractivity contribution < 1.29 is 24.6 Å². The van der Waals surface area contributed by atoms with Crippen LogP contribution < -0.4 is 4.74 Å². The van der Waals surface area contributed by atoms with Gasteiger partial charge in [0.2, 0.25) is 5.76 Å². The summed E-state index contributed by atoms with van der Waals surface area (Å²) in [6, 6.07) is 8.93.